The molecule has 0 radical (unpaired) electrons. The van der Waals surface area contributed by atoms with E-state index in [2.05, 4.69) is 11.2 Å². The van der Waals surface area contributed by atoms with Gasteiger partial charge in [0.25, 0.3) is 0 Å². The highest BCUT2D eigenvalue weighted by Crippen LogP contribution is 2.21. The Labute approximate surface area is 110 Å². The Morgan fingerprint density at radius 2 is 1.53 bits per heavy atom. The monoisotopic (exact) mass is 302 g/mol. The summed E-state index contributed by atoms with van der Waals surface area (Å²) in [5.41, 5.74) is 0. The van der Waals surface area contributed by atoms with E-state index in [1.165, 1.54) is 0 Å². The van der Waals surface area contributed by atoms with Gasteiger partial charge >= 0.3 is 8.80 Å². The van der Waals surface area contributed by atoms with Crippen LogP contribution in [0.5, 0.6) is 0 Å². The molecule has 0 aliphatic rings. The third kappa shape index (κ3) is 6.23. The van der Waals surface area contributed by atoms with Crippen molar-refractivity contribution >= 4 is 28.8 Å². The van der Waals surface area contributed by atoms with Gasteiger partial charge in [0.15, 0.2) is 0 Å². The van der Waals surface area contributed by atoms with E-state index in [1.54, 1.807) is 6.92 Å². The fourth-order valence-corrected chi connectivity index (χ4v) is 6.11. The van der Waals surface area contributed by atoms with Crippen molar-refractivity contribution in [2.75, 3.05) is 19.8 Å². The lowest BCUT2D eigenvalue weighted by molar-refractivity contribution is 0.0713. The van der Waals surface area contributed by atoms with Crippen molar-refractivity contribution in [3.8, 4) is 0 Å². The zero-order valence-electron chi connectivity index (χ0n) is 10.8. The summed E-state index contributed by atoms with van der Waals surface area (Å²) in [6, 6.07) is 0.265. The first-order valence-electron chi connectivity index (χ1n) is 5.69. The van der Waals surface area contributed by atoms with Crippen LogP contribution in [-0.2, 0) is 33.2 Å². The average Bonchev–Trinajstić information content (AvgIpc) is 2.17. The molecule has 1 N–H and O–H groups in total. The summed E-state index contributed by atoms with van der Waals surface area (Å²) in [6.07, 6.45) is 0. The van der Waals surface area contributed by atoms with Crippen molar-refractivity contribution in [1.82, 2.24) is 0 Å². The van der Waals surface area contributed by atoms with Gasteiger partial charge in [-0.1, -0.05) is 0 Å². The minimum atomic E-state index is -3.26. The third-order valence-corrected chi connectivity index (χ3v) is 7.90. The maximum atomic E-state index is 11.4. The molecule has 0 aromatic heterocycles. The molecule has 2 atom stereocenters. The van der Waals surface area contributed by atoms with Gasteiger partial charge in [-0.25, -0.2) is 4.21 Å². The van der Waals surface area contributed by atoms with Crippen LogP contribution in [0.25, 0.3) is 0 Å². The first-order chi connectivity index (χ1) is 7.81. The Bertz CT molecular complexity index is 289. The lowest BCUT2D eigenvalue weighted by Gasteiger charge is -2.30. The van der Waals surface area contributed by atoms with Crippen LogP contribution >= 0.6 is 0 Å². The topological polar surface area (TPSA) is 65.0 Å². The van der Waals surface area contributed by atoms with Crippen molar-refractivity contribution < 1.29 is 22.0 Å². The maximum Gasteiger partial charge on any atom is 0.502 e. The van der Waals surface area contributed by atoms with Gasteiger partial charge in [0, 0.05) is 37.1 Å². The molecule has 0 bridgehead atoms. The van der Waals surface area contributed by atoms with Gasteiger partial charge in [0.2, 0.25) is 0 Å². The van der Waals surface area contributed by atoms with E-state index in [4.69, 9.17) is 13.3 Å². The highest BCUT2D eigenvalue weighted by molar-refractivity contribution is 8.30. The highest BCUT2D eigenvalue weighted by atomic mass is 32.8. The van der Waals surface area contributed by atoms with E-state index in [-0.39, 0.29) is 6.04 Å². The standard InChI is InChI=1S/C9H22O5S2Si/c1-5-12-17(13-6-2,14-7-3)8-9(4)16(10,11)15/h9H,5-8H2,1-4H3,(H,10,11,15). The Morgan fingerprint density at radius 3 is 1.76 bits per heavy atom. The molecule has 0 aromatic carbocycles. The van der Waals surface area contributed by atoms with Gasteiger partial charge < -0.3 is 17.8 Å². The molecule has 0 saturated carbocycles. The summed E-state index contributed by atoms with van der Waals surface area (Å²) in [6.45, 7) is 8.49. The molecule has 0 amide bonds. The van der Waals surface area contributed by atoms with Gasteiger partial charge in [0.1, 0.15) is 8.77 Å². The van der Waals surface area contributed by atoms with E-state index in [0.717, 1.165) is 0 Å². The molecule has 2 unspecified atom stereocenters. The van der Waals surface area contributed by atoms with Crippen molar-refractivity contribution in [1.29, 1.82) is 0 Å². The molecular weight excluding hydrogens is 280 g/mol. The highest BCUT2D eigenvalue weighted by Gasteiger charge is 2.43. The van der Waals surface area contributed by atoms with Gasteiger partial charge in [-0.3, -0.25) is 0 Å². The second kappa shape index (κ2) is 7.77. The average molecular weight is 302 g/mol. The lowest BCUT2D eigenvalue weighted by Crippen LogP contribution is -2.49. The van der Waals surface area contributed by atoms with Gasteiger partial charge in [-0.15, -0.1) is 0 Å². The van der Waals surface area contributed by atoms with Gasteiger partial charge in [0.05, 0.1) is 5.25 Å². The summed E-state index contributed by atoms with van der Waals surface area (Å²) >= 11 is 4.57. The predicted molar refractivity (Wildman–Crippen MR) is 73.0 cm³/mol. The molecule has 0 fully saturated rings. The normalized spacial score (nSPS) is 17.7. The minimum Gasteiger partial charge on any atom is -0.374 e. The van der Waals surface area contributed by atoms with Crippen LogP contribution in [0.4, 0.5) is 0 Å². The Hall–Kier alpha value is 0.427. The molecule has 0 saturated heterocycles. The molecule has 0 heterocycles. The van der Waals surface area contributed by atoms with Crippen molar-refractivity contribution in [2.24, 2.45) is 0 Å². The zero-order valence-corrected chi connectivity index (χ0v) is 13.4. The smallest absolute Gasteiger partial charge is 0.374 e. The number of hydrogen-bond acceptors (Lipinski definition) is 5. The van der Waals surface area contributed by atoms with Gasteiger partial charge in [-0.2, -0.15) is 0 Å². The summed E-state index contributed by atoms with van der Waals surface area (Å²) in [5.74, 6) is 0. The van der Waals surface area contributed by atoms with Crippen LogP contribution in [0.1, 0.15) is 27.7 Å². The molecule has 8 heteroatoms. The molecule has 0 aromatic rings. The van der Waals surface area contributed by atoms with Crippen molar-refractivity contribution in [2.45, 2.75) is 39.0 Å². The van der Waals surface area contributed by atoms with E-state index in [1.807, 2.05) is 20.8 Å². The maximum absolute atomic E-state index is 11.4. The molecular formula is C9H22O5S2Si. The van der Waals surface area contributed by atoms with Crippen LogP contribution in [0.3, 0.4) is 0 Å². The summed E-state index contributed by atoms with van der Waals surface area (Å²) in [5, 5.41) is -0.589. The van der Waals surface area contributed by atoms with Crippen LogP contribution in [0, 0.1) is 0 Å². The van der Waals surface area contributed by atoms with Gasteiger partial charge in [-0.05, 0) is 27.7 Å². The number of rotatable bonds is 9. The Kier molecular flexibility index (Phi) is 7.97. The molecule has 0 aliphatic carbocycles. The van der Waals surface area contributed by atoms with Crippen LogP contribution < -0.4 is 0 Å². The SMILES string of the molecule is CCO[Si](CC(C)S(=O)(O)=S)(OCC)OCC. The Morgan fingerprint density at radius 1 is 1.18 bits per heavy atom. The third-order valence-electron chi connectivity index (χ3n) is 2.14. The fourth-order valence-electron chi connectivity index (χ4n) is 1.42. The second-order valence-electron chi connectivity index (χ2n) is 3.51. The fraction of sp³-hybridized carbons (Fsp3) is 1.00. The van der Waals surface area contributed by atoms with Crippen molar-refractivity contribution in [3.63, 3.8) is 0 Å². The molecule has 0 spiro atoms. The molecule has 0 rings (SSSR count). The predicted octanol–water partition coefficient (Wildman–Crippen LogP) is 1.64. The first kappa shape index (κ1) is 17.4. The Balaban J connectivity index is 4.88. The largest absolute Gasteiger partial charge is 0.502 e. The molecule has 17 heavy (non-hydrogen) atoms. The summed E-state index contributed by atoms with van der Waals surface area (Å²) in [4.78, 5) is 0. The summed E-state index contributed by atoms with van der Waals surface area (Å²) in [7, 11) is -6.14. The van der Waals surface area contributed by atoms with E-state index in [9.17, 15) is 8.76 Å². The second-order valence-corrected chi connectivity index (χ2v) is 9.42. The first-order valence-corrected chi connectivity index (χ1v) is 10.1. The van der Waals surface area contributed by atoms with Crippen LogP contribution in [0.15, 0.2) is 0 Å². The summed E-state index contributed by atoms with van der Waals surface area (Å²) < 4.78 is 37.5. The molecule has 5 nitrogen and oxygen atoms in total. The van der Waals surface area contributed by atoms with Crippen molar-refractivity contribution in [3.05, 3.63) is 0 Å². The molecule has 0 aliphatic heterocycles. The zero-order chi connectivity index (χ0) is 13.5. The van der Waals surface area contributed by atoms with E-state index < -0.39 is 22.8 Å². The quantitative estimate of drug-likeness (QED) is 0.653. The minimum absolute atomic E-state index is 0.265. The number of hydrogen-bond donors (Lipinski definition) is 1. The van der Waals surface area contributed by atoms with E-state index >= 15 is 0 Å². The lowest BCUT2D eigenvalue weighted by atomic mass is 10.6. The van der Waals surface area contributed by atoms with Crippen LogP contribution in [-0.4, -0.2) is 42.6 Å². The molecule has 104 valence electrons. The van der Waals surface area contributed by atoms with Crippen LogP contribution in [0.2, 0.25) is 6.04 Å². The van der Waals surface area contributed by atoms with E-state index in [0.29, 0.717) is 19.8 Å².